The van der Waals surface area contributed by atoms with E-state index in [0.29, 0.717) is 5.92 Å². The highest BCUT2D eigenvalue weighted by molar-refractivity contribution is 5.09. The molecule has 3 heteroatoms. The fraction of sp³-hybridized carbons (Fsp3) is 0.700. The number of hydrogen-bond donors (Lipinski definition) is 1. The van der Waals surface area contributed by atoms with Gasteiger partial charge in [-0.3, -0.25) is 4.68 Å². The lowest BCUT2D eigenvalue weighted by Crippen LogP contribution is -2.30. The molecule has 74 valence electrons. The molecule has 0 aliphatic carbocycles. The van der Waals surface area contributed by atoms with Crippen LogP contribution in [0.5, 0.6) is 0 Å². The van der Waals surface area contributed by atoms with Crippen LogP contribution < -0.4 is 0 Å². The van der Waals surface area contributed by atoms with E-state index < -0.39 is 0 Å². The average molecular weight is 182 g/mol. The van der Waals surface area contributed by atoms with Crippen molar-refractivity contribution in [2.24, 2.45) is 0 Å². The first-order valence-corrected chi connectivity index (χ1v) is 4.63. The Morgan fingerprint density at radius 1 is 1.54 bits per heavy atom. The number of aliphatic hydroxyl groups is 1. The highest BCUT2D eigenvalue weighted by Crippen LogP contribution is 2.18. The van der Waals surface area contributed by atoms with Gasteiger partial charge < -0.3 is 5.11 Å². The molecule has 0 amide bonds. The molecule has 1 N–H and O–H groups in total. The van der Waals surface area contributed by atoms with Gasteiger partial charge in [0.05, 0.1) is 18.3 Å². The standard InChI is InChI=1S/C10H18N2O/c1-8(2)9-5-11-12(6-9)10(3,4)7-13/h5-6,8,13H,7H2,1-4H3. The molecule has 1 rings (SSSR count). The lowest BCUT2D eigenvalue weighted by atomic mass is 10.1. The molecule has 0 saturated carbocycles. The summed E-state index contributed by atoms with van der Waals surface area (Å²) in [6.45, 7) is 8.29. The minimum absolute atomic E-state index is 0.103. The fourth-order valence-electron chi connectivity index (χ4n) is 1.04. The Bertz CT molecular complexity index is 276. The maximum absolute atomic E-state index is 9.13. The summed E-state index contributed by atoms with van der Waals surface area (Å²) in [7, 11) is 0. The van der Waals surface area contributed by atoms with E-state index in [2.05, 4.69) is 18.9 Å². The van der Waals surface area contributed by atoms with E-state index in [1.165, 1.54) is 5.56 Å². The lowest BCUT2D eigenvalue weighted by Gasteiger charge is -2.22. The molecule has 0 fully saturated rings. The number of aliphatic hydroxyl groups excluding tert-OH is 1. The predicted molar refractivity (Wildman–Crippen MR) is 52.7 cm³/mol. The molecule has 0 aliphatic rings. The van der Waals surface area contributed by atoms with Crippen molar-refractivity contribution in [1.29, 1.82) is 0 Å². The van der Waals surface area contributed by atoms with Gasteiger partial charge in [-0.2, -0.15) is 5.10 Å². The number of aromatic nitrogens is 2. The van der Waals surface area contributed by atoms with Crippen molar-refractivity contribution in [2.45, 2.75) is 39.2 Å². The molecule has 0 aromatic carbocycles. The van der Waals surface area contributed by atoms with E-state index in [9.17, 15) is 0 Å². The summed E-state index contributed by atoms with van der Waals surface area (Å²) in [5.74, 6) is 0.489. The number of nitrogens with zero attached hydrogens (tertiary/aromatic N) is 2. The monoisotopic (exact) mass is 182 g/mol. The second kappa shape index (κ2) is 3.50. The molecule has 1 aromatic heterocycles. The summed E-state index contributed by atoms with van der Waals surface area (Å²) >= 11 is 0. The summed E-state index contributed by atoms with van der Waals surface area (Å²) in [4.78, 5) is 0. The van der Waals surface area contributed by atoms with Crippen LogP contribution >= 0.6 is 0 Å². The molecule has 0 spiro atoms. The number of hydrogen-bond acceptors (Lipinski definition) is 2. The largest absolute Gasteiger partial charge is 0.394 e. The van der Waals surface area contributed by atoms with E-state index in [1.54, 1.807) is 0 Å². The van der Waals surface area contributed by atoms with Gasteiger partial charge in [0.25, 0.3) is 0 Å². The minimum Gasteiger partial charge on any atom is -0.394 e. The van der Waals surface area contributed by atoms with Crippen LogP contribution in [0.1, 0.15) is 39.2 Å². The first kappa shape index (κ1) is 10.3. The van der Waals surface area contributed by atoms with Gasteiger partial charge in [0.15, 0.2) is 0 Å². The average Bonchev–Trinajstić information content (AvgIpc) is 2.52. The third kappa shape index (κ3) is 2.10. The molecule has 0 radical (unpaired) electrons. The molecular formula is C10H18N2O. The van der Waals surface area contributed by atoms with Gasteiger partial charge in [-0.15, -0.1) is 0 Å². The summed E-state index contributed by atoms with van der Waals surface area (Å²) < 4.78 is 1.82. The van der Waals surface area contributed by atoms with Crippen molar-refractivity contribution < 1.29 is 5.11 Å². The second-order valence-electron chi connectivity index (χ2n) is 4.34. The van der Waals surface area contributed by atoms with E-state index in [4.69, 9.17) is 5.11 Å². The maximum Gasteiger partial charge on any atom is 0.0801 e. The van der Waals surface area contributed by atoms with Gasteiger partial charge in [0.1, 0.15) is 0 Å². The van der Waals surface area contributed by atoms with Crippen molar-refractivity contribution in [3.63, 3.8) is 0 Å². The molecule has 0 bridgehead atoms. The minimum atomic E-state index is -0.298. The highest BCUT2D eigenvalue weighted by atomic mass is 16.3. The zero-order chi connectivity index (χ0) is 10.1. The second-order valence-corrected chi connectivity index (χ2v) is 4.34. The van der Waals surface area contributed by atoms with Gasteiger partial charge in [-0.1, -0.05) is 13.8 Å². The zero-order valence-corrected chi connectivity index (χ0v) is 8.78. The maximum atomic E-state index is 9.13. The summed E-state index contributed by atoms with van der Waals surface area (Å²) in [5, 5.41) is 13.4. The Hall–Kier alpha value is -0.830. The molecule has 1 aromatic rings. The lowest BCUT2D eigenvalue weighted by molar-refractivity contribution is 0.152. The van der Waals surface area contributed by atoms with Gasteiger partial charge in [-0.05, 0) is 25.3 Å². The quantitative estimate of drug-likeness (QED) is 0.773. The van der Waals surface area contributed by atoms with Crippen LogP contribution in [0.25, 0.3) is 0 Å². The Morgan fingerprint density at radius 2 is 2.15 bits per heavy atom. The normalized spacial score (nSPS) is 12.5. The van der Waals surface area contributed by atoms with Crippen molar-refractivity contribution in [1.82, 2.24) is 9.78 Å². The Morgan fingerprint density at radius 3 is 2.54 bits per heavy atom. The molecule has 0 atom stereocenters. The van der Waals surface area contributed by atoms with Crippen LogP contribution in [0.4, 0.5) is 0 Å². The van der Waals surface area contributed by atoms with Crippen LogP contribution in [-0.4, -0.2) is 21.5 Å². The molecule has 0 aliphatic heterocycles. The van der Waals surface area contributed by atoms with Gasteiger partial charge in [0, 0.05) is 6.20 Å². The summed E-state index contributed by atoms with van der Waals surface area (Å²) in [6, 6.07) is 0. The van der Waals surface area contributed by atoms with Gasteiger partial charge >= 0.3 is 0 Å². The molecule has 3 nitrogen and oxygen atoms in total. The summed E-state index contributed by atoms with van der Waals surface area (Å²) in [6.07, 6.45) is 3.86. The van der Waals surface area contributed by atoms with Crippen LogP contribution in [0.3, 0.4) is 0 Å². The first-order chi connectivity index (χ1) is 5.97. The summed E-state index contributed by atoms with van der Waals surface area (Å²) in [5.41, 5.74) is 0.911. The van der Waals surface area contributed by atoms with Crippen molar-refractivity contribution in [3.05, 3.63) is 18.0 Å². The first-order valence-electron chi connectivity index (χ1n) is 4.63. The Kier molecular flexibility index (Phi) is 2.76. The number of rotatable bonds is 3. The SMILES string of the molecule is CC(C)c1cnn(C(C)(C)CO)c1. The van der Waals surface area contributed by atoms with Crippen LogP contribution in [0.2, 0.25) is 0 Å². The highest BCUT2D eigenvalue weighted by Gasteiger charge is 2.20. The molecule has 1 heterocycles. The van der Waals surface area contributed by atoms with E-state index in [-0.39, 0.29) is 12.1 Å². The molecule has 0 unspecified atom stereocenters. The van der Waals surface area contributed by atoms with Crippen molar-refractivity contribution in [2.75, 3.05) is 6.61 Å². The Balaban J connectivity index is 2.91. The third-order valence-corrected chi connectivity index (χ3v) is 2.28. The van der Waals surface area contributed by atoms with E-state index >= 15 is 0 Å². The van der Waals surface area contributed by atoms with Gasteiger partial charge in [0.2, 0.25) is 0 Å². The smallest absolute Gasteiger partial charge is 0.0801 e. The topological polar surface area (TPSA) is 38.0 Å². The third-order valence-electron chi connectivity index (χ3n) is 2.28. The fourth-order valence-corrected chi connectivity index (χ4v) is 1.04. The predicted octanol–water partition coefficient (Wildman–Crippen LogP) is 1.73. The van der Waals surface area contributed by atoms with Crippen molar-refractivity contribution >= 4 is 0 Å². The Labute approximate surface area is 79.4 Å². The van der Waals surface area contributed by atoms with Crippen molar-refractivity contribution in [3.8, 4) is 0 Å². The molecule has 13 heavy (non-hydrogen) atoms. The zero-order valence-electron chi connectivity index (χ0n) is 8.78. The van der Waals surface area contributed by atoms with E-state index in [0.717, 1.165) is 0 Å². The van der Waals surface area contributed by atoms with Crippen LogP contribution in [-0.2, 0) is 5.54 Å². The van der Waals surface area contributed by atoms with Gasteiger partial charge in [-0.25, -0.2) is 0 Å². The molecule has 0 saturated heterocycles. The van der Waals surface area contributed by atoms with Crippen LogP contribution in [0, 0.1) is 0 Å². The van der Waals surface area contributed by atoms with E-state index in [1.807, 2.05) is 30.9 Å². The van der Waals surface area contributed by atoms with Crippen LogP contribution in [0.15, 0.2) is 12.4 Å². The molecular weight excluding hydrogens is 164 g/mol.